The van der Waals surface area contributed by atoms with Crippen molar-refractivity contribution < 1.29 is 9.26 Å². The number of rotatable bonds is 4. The van der Waals surface area contributed by atoms with Crippen LogP contribution < -0.4 is 10.1 Å². The number of aromatic nitrogens is 2. The Kier molecular flexibility index (Phi) is 3.97. The Balaban J connectivity index is 1.58. The van der Waals surface area contributed by atoms with Crippen molar-refractivity contribution in [2.45, 2.75) is 38.8 Å². The first kappa shape index (κ1) is 13.1. The van der Waals surface area contributed by atoms with Gasteiger partial charge in [0, 0.05) is 0 Å². The monoisotopic (exact) mass is 273 g/mol. The summed E-state index contributed by atoms with van der Waals surface area (Å²) in [7, 11) is 0. The molecule has 20 heavy (non-hydrogen) atoms. The van der Waals surface area contributed by atoms with Gasteiger partial charge in [0.15, 0.2) is 12.4 Å². The van der Waals surface area contributed by atoms with Gasteiger partial charge in [-0.05, 0) is 38.4 Å². The smallest absolute Gasteiger partial charge is 0.264 e. The van der Waals surface area contributed by atoms with Crippen molar-refractivity contribution in [2.24, 2.45) is 0 Å². The lowest BCUT2D eigenvalue weighted by Gasteiger charge is -2.19. The van der Waals surface area contributed by atoms with Crippen LogP contribution in [0.3, 0.4) is 0 Å². The van der Waals surface area contributed by atoms with Crippen molar-refractivity contribution in [2.75, 3.05) is 6.54 Å². The number of nitrogens with zero attached hydrogens (tertiary/aromatic N) is 2. The van der Waals surface area contributed by atoms with Gasteiger partial charge in [0.1, 0.15) is 5.75 Å². The second-order valence-corrected chi connectivity index (χ2v) is 5.15. The van der Waals surface area contributed by atoms with Gasteiger partial charge in [-0.2, -0.15) is 4.98 Å². The lowest BCUT2D eigenvalue weighted by atomic mass is 10.0. The van der Waals surface area contributed by atoms with E-state index in [0.29, 0.717) is 12.5 Å². The van der Waals surface area contributed by atoms with Crippen LogP contribution in [0.2, 0.25) is 0 Å². The average molecular weight is 273 g/mol. The number of benzene rings is 1. The summed E-state index contributed by atoms with van der Waals surface area (Å²) in [6, 6.07) is 8.13. The minimum atomic E-state index is 0.223. The van der Waals surface area contributed by atoms with Crippen molar-refractivity contribution in [3.8, 4) is 5.75 Å². The summed E-state index contributed by atoms with van der Waals surface area (Å²) in [5.41, 5.74) is 1.21. The standard InChI is InChI=1S/C15H19N3O2/c1-11-5-7-12(8-6-11)19-10-14-17-15(18-20-14)13-4-2-3-9-16-13/h5-8,13,16H,2-4,9-10H2,1H3/t13-/m1/s1. The van der Waals surface area contributed by atoms with E-state index < -0.39 is 0 Å². The van der Waals surface area contributed by atoms with Crippen molar-refractivity contribution in [1.82, 2.24) is 15.5 Å². The van der Waals surface area contributed by atoms with E-state index in [4.69, 9.17) is 9.26 Å². The highest BCUT2D eigenvalue weighted by atomic mass is 16.5. The van der Waals surface area contributed by atoms with Gasteiger partial charge in [-0.1, -0.05) is 29.3 Å². The zero-order valence-corrected chi connectivity index (χ0v) is 11.6. The Morgan fingerprint density at radius 2 is 2.15 bits per heavy atom. The summed E-state index contributed by atoms with van der Waals surface area (Å²) < 4.78 is 10.9. The number of ether oxygens (including phenoxy) is 1. The predicted molar refractivity (Wildman–Crippen MR) is 74.4 cm³/mol. The van der Waals surface area contributed by atoms with E-state index in [1.54, 1.807) is 0 Å². The fraction of sp³-hybridized carbons (Fsp3) is 0.467. The Labute approximate surface area is 118 Å². The van der Waals surface area contributed by atoms with Gasteiger partial charge in [0.05, 0.1) is 6.04 Å². The van der Waals surface area contributed by atoms with Gasteiger partial charge in [-0.15, -0.1) is 0 Å². The van der Waals surface area contributed by atoms with Gasteiger partial charge in [-0.25, -0.2) is 0 Å². The fourth-order valence-corrected chi connectivity index (χ4v) is 2.32. The molecule has 5 heteroatoms. The van der Waals surface area contributed by atoms with Crippen LogP contribution in [0.1, 0.15) is 42.6 Å². The molecule has 0 unspecified atom stereocenters. The van der Waals surface area contributed by atoms with E-state index >= 15 is 0 Å². The third-order valence-corrected chi connectivity index (χ3v) is 3.49. The Morgan fingerprint density at radius 1 is 1.30 bits per heavy atom. The van der Waals surface area contributed by atoms with E-state index in [1.165, 1.54) is 18.4 Å². The predicted octanol–water partition coefficient (Wildman–Crippen LogP) is 2.77. The summed E-state index contributed by atoms with van der Waals surface area (Å²) in [6.07, 6.45) is 3.50. The molecule has 0 aliphatic carbocycles. The normalized spacial score (nSPS) is 18.9. The summed E-state index contributed by atoms with van der Waals surface area (Å²) >= 11 is 0. The van der Waals surface area contributed by atoms with Gasteiger partial charge in [0.2, 0.25) is 0 Å². The molecule has 1 saturated heterocycles. The molecule has 3 rings (SSSR count). The SMILES string of the molecule is Cc1ccc(OCc2nc([C@H]3CCCCN3)no2)cc1. The molecule has 0 saturated carbocycles. The van der Waals surface area contributed by atoms with Gasteiger partial charge in [0.25, 0.3) is 5.89 Å². The lowest BCUT2D eigenvalue weighted by Crippen LogP contribution is -2.27. The Morgan fingerprint density at radius 3 is 2.90 bits per heavy atom. The first-order chi connectivity index (χ1) is 9.81. The molecule has 1 aromatic heterocycles. The summed E-state index contributed by atoms with van der Waals surface area (Å²) in [5, 5.41) is 7.44. The number of hydrogen-bond donors (Lipinski definition) is 1. The van der Waals surface area contributed by atoms with E-state index in [0.717, 1.165) is 24.5 Å². The van der Waals surface area contributed by atoms with Gasteiger partial charge < -0.3 is 14.6 Å². The number of aryl methyl sites for hydroxylation is 1. The number of piperidine rings is 1. The first-order valence-corrected chi connectivity index (χ1v) is 7.06. The average Bonchev–Trinajstić information content (AvgIpc) is 2.97. The maximum Gasteiger partial charge on any atom is 0.264 e. The third-order valence-electron chi connectivity index (χ3n) is 3.49. The van der Waals surface area contributed by atoms with Gasteiger partial charge in [-0.3, -0.25) is 0 Å². The first-order valence-electron chi connectivity index (χ1n) is 7.06. The van der Waals surface area contributed by atoms with Crippen molar-refractivity contribution in [3.05, 3.63) is 41.5 Å². The number of hydrogen-bond acceptors (Lipinski definition) is 5. The molecule has 1 aliphatic heterocycles. The maximum atomic E-state index is 5.63. The molecule has 2 aromatic rings. The van der Waals surface area contributed by atoms with Crippen molar-refractivity contribution in [3.63, 3.8) is 0 Å². The van der Waals surface area contributed by atoms with Crippen LogP contribution in [0.4, 0.5) is 0 Å². The summed E-state index contributed by atoms with van der Waals surface area (Å²) in [4.78, 5) is 4.40. The number of nitrogens with one attached hydrogen (secondary N) is 1. The van der Waals surface area contributed by atoms with Crippen LogP contribution in [0, 0.1) is 6.92 Å². The quantitative estimate of drug-likeness (QED) is 0.928. The summed E-state index contributed by atoms with van der Waals surface area (Å²) in [6.45, 7) is 3.38. The minimum absolute atomic E-state index is 0.223. The second-order valence-electron chi connectivity index (χ2n) is 5.15. The van der Waals surface area contributed by atoms with E-state index in [1.807, 2.05) is 31.2 Å². The molecule has 1 atom stereocenters. The maximum absolute atomic E-state index is 5.63. The largest absolute Gasteiger partial charge is 0.484 e. The Bertz CT molecular complexity index is 545. The highest BCUT2D eigenvalue weighted by Crippen LogP contribution is 2.20. The highest BCUT2D eigenvalue weighted by molar-refractivity contribution is 5.26. The van der Waals surface area contributed by atoms with E-state index in [9.17, 15) is 0 Å². The molecule has 0 radical (unpaired) electrons. The molecule has 106 valence electrons. The molecule has 1 aliphatic rings. The van der Waals surface area contributed by atoms with Crippen LogP contribution in [0.15, 0.2) is 28.8 Å². The van der Waals surface area contributed by atoms with Gasteiger partial charge >= 0.3 is 0 Å². The molecule has 0 spiro atoms. The minimum Gasteiger partial charge on any atom is -0.484 e. The molecular formula is C15H19N3O2. The lowest BCUT2D eigenvalue weighted by molar-refractivity contribution is 0.241. The highest BCUT2D eigenvalue weighted by Gasteiger charge is 2.20. The van der Waals surface area contributed by atoms with Crippen LogP contribution in [0.25, 0.3) is 0 Å². The molecule has 0 amide bonds. The third kappa shape index (κ3) is 3.17. The van der Waals surface area contributed by atoms with Crippen molar-refractivity contribution >= 4 is 0 Å². The molecule has 5 nitrogen and oxygen atoms in total. The molecule has 1 N–H and O–H groups in total. The molecular weight excluding hydrogens is 254 g/mol. The molecule has 1 aromatic carbocycles. The molecule has 0 bridgehead atoms. The van der Waals surface area contributed by atoms with Crippen LogP contribution in [0.5, 0.6) is 5.75 Å². The topological polar surface area (TPSA) is 60.2 Å². The van der Waals surface area contributed by atoms with Crippen LogP contribution in [-0.4, -0.2) is 16.7 Å². The van der Waals surface area contributed by atoms with Crippen molar-refractivity contribution in [1.29, 1.82) is 0 Å². The van der Waals surface area contributed by atoms with Crippen LogP contribution >= 0.6 is 0 Å². The van der Waals surface area contributed by atoms with Crippen LogP contribution in [-0.2, 0) is 6.61 Å². The zero-order chi connectivity index (χ0) is 13.8. The fourth-order valence-electron chi connectivity index (χ4n) is 2.32. The second kappa shape index (κ2) is 6.05. The molecule has 1 fully saturated rings. The summed E-state index contributed by atoms with van der Waals surface area (Å²) in [5.74, 6) is 2.08. The zero-order valence-electron chi connectivity index (χ0n) is 11.6. The van der Waals surface area contributed by atoms with E-state index in [-0.39, 0.29) is 6.04 Å². The molecule has 2 heterocycles. The van der Waals surface area contributed by atoms with E-state index in [2.05, 4.69) is 15.5 Å². The Hall–Kier alpha value is -1.88.